The number of carbonyl (C=O) groups is 3. The molecule has 2 aromatic rings. The van der Waals surface area contributed by atoms with E-state index in [2.05, 4.69) is 5.10 Å². The van der Waals surface area contributed by atoms with Crippen LogP contribution in [0, 0.1) is 0 Å². The lowest BCUT2D eigenvalue weighted by Crippen LogP contribution is -2.31. The summed E-state index contributed by atoms with van der Waals surface area (Å²) >= 11 is 0. The van der Waals surface area contributed by atoms with Crippen molar-refractivity contribution in [3.8, 4) is 0 Å². The minimum atomic E-state index is -0.360. The Labute approximate surface area is 138 Å². The Kier molecular flexibility index (Phi) is 4.41. The SMILES string of the molecule is Cn1nccc1CC(=O)OCCCN1C(=O)c2ccccc2C1=O. The van der Waals surface area contributed by atoms with Gasteiger partial charge in [0.15, 0.2) is 0 Å². The topological polar surface area (TPSA) is 81.5 Å². The molecule has 1 aromatic heterocycles. The zero-order valence-electron chi connectivity index (χ0n) is 13.3. The normalized spacial score (nSPS) is 13.3. The third-order valence-corrected chi connectivity index (χ3v) is 3.92. The Morgan fingerprint density at radius 3 is 2.38 bits per heavy atom. The van der Waals surface area contributed by atoms with Crippen LogP contribution in [0.5, 0.6) is 0 Å². The molecule has 0 saturated heterocycles. The quantitative estimate of drug-likeness (QED) is 0.452. The fraction of sp³-hybridized carbons (Fsp3) is 0.294. The zero-order valence-corrected chi connectivity index (χ0v) is 13.3. The number of imide groups is 1. The van der Waals surface area contributed by atoms with Crippen LogP contribution in [0.2, 0.25) is 0 Å². The van der Waals surface area contributed by atoms with Gasteiger partial charge >= 0.3 is 5.97 Å². The second-order valence-electron chi connectivity index (χ2n) is 5.50. The lowest BCUT2D eigenvalue weighted by atomic mass is 10.1. The van der Waals surface area contributed by atoms with E-state index in [4.69, 9.17) is 4.74 Å². The van der Waals surface area contributed by atoms with Gasteiger partial charge in [0.05, 0.1) is 24.2 Å². The summed E-state index contributed by atoms with van der Waals surface area (Å²) in [7, 11) is 1.75. The number of hydrogen-bond acceptors (Lipinski definition) is 5. The first-order valence-corrected chi connectivity index (χ1v) is 7.65. The lowest BCUT2D eigenvalue weighted by molar-refractivity contribution is -0.143. The van der Waals surface area contributed by atoms with E-state index < -0.39 is 0 Å². The second kappa shape index (κ2) is 6.66. The van der Waals surface area contributed by atoms with Crippen LogP contribution in [0.15, 0.2) is 36.5 Å². The highest BCUT2D eigenvalue weighted by atomic mass is 16.5. The Bertz CT molecular complexity index is 762. The number of benzene rings is 1. The first-order chi connectivity index (χ1) is 11.6. The van der Waals surface area contributed by atoms with Gasteiger partial charge in [-0.1, -0.05) is 12.1 Å². The molecule has 24 heavy (non-hydrogen) atoms. The molecule has 0 fully saturated rings. The summed E-state index contributed by atoms with van der Waals surface area (Å²) in [5, 5.41) is 3.98. The average molecular weight is 327 g/mol. The van der Waals surface area contributed by atoms with Gasteiger partial charge in [-0.05, 0) is 24.6 Å². The summed E-state index contributed by atoms with van der Waals surface area (Å²) in [5.74, 6) is -0.949. The number of nitrogens with zero attached hydrogens (tertiary/aromatic N) is 3. The summed E-state index contributed by atoms with van der Waals surface area (Å²) < 4.78 is 6.76. The van der Waals surface area contributed by atoms with E-state index in [0.717, 1.165) is 5.69 Å². The largest absolute Gasteiger partial charge is 0.465 e. The van der Waals surface area contributed by atoms with Crippen molar-refractivity contribution in [2.45, 2.75) is 12.8 Å². The fourth-order valence-corrected chi connectivity index (χ4v) is 2.62. The summed E-state index contributed by atoms with van der Waals surface area (Å²) in [4.78, 5) is 37.3. The van der Waals surface area contributed by atoms with Gasteiger partial charge in [0.1, 0.15) is 0 Å². The maximum Gasteiger partial charge on any atom is 0.311 e. The number of esters is 1. The van der Waals surface area contributed by atoms with Crippen LogP contribution in [0.25, 0.3) is 0 Å². The van der Waals surface area contributed by atoms with Crippen LogP contribution >= 0.6 is 0 Å². The van der Waals surface area contributed by atoms with Crippen molar-refractivity contribution < 1.29 is 19.1 Å². The molecule has 0 atom stereocenters. The van der Waals surface area contributed by atoms with Crippen LogP contribution < -0.4 is 0 Å². The number of rotatable bonds is 6. The van der Waals surface area contributed by atoms with Crippen molar-refractivity contribution in [3.63, 3.8) is 0 Å². The number of fused-ring (bicyclic) bond motifs is 1. The molecule has 1 aliphatic rings. The van der Waals surface area contributed by atoms with Gasteiger partial charge in [-0.3, -0.25) is 24.0 Å². The van der Waals surface area contributed by atoms with Crippen molar-refractivity contribution in [1.29, 1.82) is 0 Å². The van der Waals surface area contributed by atoms with Gasteiger partial charge in [0.25, 0.3) is 11.8 Å². The van der Waals surface area contributed by atoms with Gasteiger partial charge in [0, 0.05) is 25.5 Å². The van der Waals surface area contributed by atoms with E-state index in [9.17, 15) is 14.4 Å². The van der Waals surface area contributed by atoms with Gasteiger partial charge in [-0.25, -0.2) is 0 Å². The molecule has 0 saturated carbocycles. The number of aromatic nitrogens is 2. The molecule has 1 aliphatic heterocycles. The average Bonchev–Trinajstić information content (AvgIpc) is 3.08. The second-order valence-corrected chi connectivity index (χ2v) is 5.50. The van der Waals surface area contributed by atoms with Crippen LogP contribution in [-0.2, 0) is 23.0 Å². The van der Waals surface area contributed by atoms with Gasteiger partial charge in [-0.2, -0.15) is 5.10 Å². The highest BCUT2D eigenvalue weighted by Crippen LogP contribution is 2.22. The fourth-order valence-electron chi connectivity index (χ4n) is 2.62. The van der Waals surface area contributed by atoms with Gasteiger partial charge in [-0.15, -0.1) is 0 Å². The Balaban J connectivity index is 1.46. The molecule has 7 nitrogen and oxygen atoms in total. The van der Waals surface area contributed by atoms with Crippen molar-refractivity contribution >= 4 is 17.8 Å². The summed E-state index contributed by atoms with van der Waals surface area (Å²) in [6, 6.07) is 8.49. The Morgan fingerprint density at radius 1 is 1.12 bits per heavy atom. The van der Waals surface area contributed by atoms with Crippen molar-refractivity contribution in [2.24, 2.45) is 7.05 Å². The predicted molar refractivity (Wildman–Crippen MR) is 84.3 cm³/mol. The number of aryl methyl sites for hydroxylation is 1. The smallest absolute Gasteiger partial charge is 0.311 e. The molecule has 0 aliphatic carbocycles. The summed E-state index contributed by atoms with van der Waals surface area (Å²) in [6.07, 6.45) is 2.16. The van der Waals surface area contributed by atoms with E-state index >= 15 is 0 Å². The third kappa shape index (κ3) is 3.05. The number of amides is 2. The molecule has 0 bridgehead atoms. The molecule has 124 valence electrons. The molecule has 0 N–H and O–H groups in total. The maximum absolute atomic E-state index is 12.2. The first-order valence-electron chi connectivity index (χ1n) is 7.65. The maximum atomic E-state index is 12.2. The van der Waals surface area contributed by atoms with Crippen LogP contribution in [0.3, 0.4) is 0 Å². The number of ether oxygens (including phenoxy) is 1. The number of hydrogen-bond donors (Lipinski definition) is 0. The van der Waals surface area contributed by atoms with Gasteiger partial charge in [0.2, 0.25) is 0 Å². The van der Waals surface area contributed by atoms with E-state index in [1.807, 2.05) is 0 Å². The monoisotopic (exact) mass is 327 g/mol. The minimum Gasteiger partial charge on any atom is -0.465 e. The Morgan fingerprint density at radius 2 is 1.79 bits per heavy atom. The van der Waals surface area contributed by atoms with Crippen LogP contribution in [0.1, 0.15) is 32.8 Å². The van der Waals surface area contributed by atoms with E-state index in [0.29, 0.717) is 17.5 Å². The van der Waals surface area contributed by atoms with E-state index in [-0.39, 0.29) is 37.4 Å². The van der Waals surface area contributed by atoms with E-state index in [1.165, 1.54) is 4.90 Å². The van der Waals surface area contributed by atoms with Gasteiger partial charge < -0.3 is 4.74 Å². The summed E-state index contributed by atoms with van der Waals surface area (Å²) in [5.41, 5.74) is 1.62. The molecule has 0 radical (unpaired) electrons. The third-order valence-electron chi connectivity index (χ3n) is 3.92. The predicted octanol–water partition coefficient (Wildman–Crippen LogP) is 1.19. The molecule has 2 amide bonds. The molecular formula is C17H17N3O4. The molecular weight excluding hydrogens is 310 g/mol. The van der Waals surface area contributed by atoms with Crippen LogP contribution in [-0.4, -0.2) is 45.6 Å². The lowest BCUT2D eigenvalue weighted by Gasteiger charge is -2.13. The summed E-state index contributed by atoms with van der Waals surface area (Å²) in [6.45, 7) is 0.384. The molecule has 0 unspecified atom stereocenters. The van der Waals surface area contributed by atoms with Crippen LogP contribution in [0.4, 0.5) is 0 Å². The molecule has 3 rings (SSSR count). The first kappa shape index (κ1) is 15.9. The highest BCUT2D eigenvalue weighted by molar-refractivity contribution is 6.21. The Hall–Kier alpha value is -2.96. The zero-order chi connectivity index (χ0) is 17.1. The molecule has 7 heteroatoms. The molecule has 1 aromatic carbocycles. The van der Waals surface area contributed by atoms with Crippen molar-refractivity contribution in [3.05, 3.63) is 53.3 Å². The van der Waals surface area contributed by atoms with Crippen molar-refractivity contribution in [1.82, 2.24) is 14.7 Å². The van der Waals surface area contributed by atoms with E-state index in [1.54, 1.807) is 48.3 Å². The molecule has 2 heterocycles. The van der Waals surface area contributed by atoms with Crippen molar-refractivity contribution in [2.75, 3.05) is 13.2 Å². The standard InChI is InChI=1S/C17H17N3O4/c1-19-12(7-8-18-19)11-15(21)24-10-4-9-20-16(22)13-5-2-3-6-14(13)17(20)23/h2-3,5-8H,4,9-11H2,1H3. The highest BCUT2D eigenvalue weighted by Gasteiger charge is 2.34. The minimum absolute atomic E-state index is 0.142. The molecule has 0 spiro atoms. The number of carbonyl (C=O) groups excluding carboxylic acids is 3.